The molecule has 8 nitrogen and oxygen atoms in total. The molecule has 0 aliphatic heterocycles. The summed E-state index contributed by atoms with van der Waals surface area (Å²) in [6, 6.07) is 9.58. The number of amides is 1. The van der Waals surface area contributed by atoms with Crippen LogP contribution in [0.2, 0.25) is 0 Å². The highest BCUT2D eigenvalue weighted by molar-refractivity contribution is 8.00. The molecule has 1 atom stereocenters. The maximum atomic E-state index is 12.4. The van der Waals surface area contributed by atoms with E-state index in [1.165, 1.54) is 16.4 Å². The van der Waals surface area contributed by atoms with Crippen molar-refractivity contribution in [1.29, 1.82) is 0 Å². The molecule has 3 rings (SSSR count). The third-order valence-electron chi connectivity index (χ3n) is 3.78. The Balaban J connectivity index is 1.72. The van der Waals surface area contributed by atoms with Crippen molar-refractivity contribution in [2.24, 2.45) is 0 Å². The smallest absolute Gasteiger partial charge is 0.271 e. The zero-order chi connectivity index (χ0) is 18.8. The molecule has 136 valence electrons. The Labute approximate surface area is 155 Å². The van der Waals surface area contributed by atoms with Crippen LogP contribution in [-0.4, -0.2) is 35.8 Å². The molecular formula is C17H21N7OS. The first-order chi connectivity index (χ1) is 12.3. The summed E-state index contributed by atoms with van der Waals surface area (Å²) >= 11 is 1.24. The second-order valence-corrected chi connectivity index (χ2v) is 7.42. The number of anilines is 1. The minimum absolute atomic E-state index is 0.128. The van der Waals surface area contributed by atoms with Crippen molar-refractivity contribution in [1.82, 2.24) is 24.7 Å². The summed E-state index contributed by atoms with van der Waals surface area (Å²) in [6.45, 7) is 7.59. The standard InChI is InChI=1S/C17H21N7OS/c1-10-6-5-7-14(8-10)19-15(25)13(4)26-17-21-20-16(23(17)18)24-12(3)9-11(2)22-24/h5-9,13H,18H2,1-4H3,(H,19,25)/t13-/m0/s1. The van der Waals surface area contributed by atoms with E-state index in [1.807, 2.05) is 51.1 Å². The molecule has 0 aliphatic rings. The fraction of sp³-hybridized carbons (Fsp3) is 0.294. The summed E-state index contributed by atoms with van der Waals surface area (Å²) in [4.78, 5) is 12.4. The topological polar surface area (TPSA) is 104 Å². The van der Waals surface area contributed by atoms with Gasteiger partial charge in [-0.15, -0.1) is 10.2 Å². The lowest BCUT2D eigenvalue weighted by Gasteiger charge is -2.12. The maximum absolute atomic E-state index is 12.4. The van der Waals surface area contributed by atoms with Crippen LogP contribution in [0, 0.1) is 20.8 Å². The molecule has 0 fully saturated rings. The van der Waals surface area contributed by atoms with Gasteiger partial charge in [0.1, 0.15) is 0 Å². The molecule has 26 heavy (non-hydrogen) atoms. The summed E-state index contributed by atoms with van der Waals surface area (Å²) in [5.74, 6) is 6.39. The van der Waals surface area contributed by atoms with E-state index in [1.54, 1.807) is 11.6 Å². The average molecular weight is 371 g/mol. The molecule has 0 radical (unpaired) electrons. The predicted octanol–water partition coefficient (Wildman–Crippen LogP) is 2.22. The molecule has 0 unspecified atom stereocenters. The quantitative estimate of drug-likeness (QED) is 0.526. The van der Waals surface area contributed by atoms with Gasteiger partial charge in [-0.3, -0.25) is 4.79 Å². The van der Waals surface area contributed by atoms with Crippen molar-refractivity contribution < 1.29 is 4.79 Å². The fourth-order valence-corrected chi connectivity index (χ4v) is 3.27. The van der Waals surface area contributed by atoms with Crippen molar-refractivity contribution in [2.75, 3.05) is 11.2 Å². The van der Waals surface area contributed by atoms with Gasteiger partial charge in [-0.1, -0.05) is 23.9 Å². The number of aromatic nitrogens is 5. The lowest BCUT2D eigenvalue weighted by atomic mass is 10.2. The highest BCUT2D eigenvalue weighted by Gasteiger charge is 2.21. The van der Waals surface area contributed by atoms with Crippen molar-refractivity contribution in [2.45, 2.75) is 38.1 Å². The highest BCUT2D eigenvalue weighted by atomic mass is 32.2. The third-order valence-corrected chi connectivity index (χ3v) is 4.84. The zero-order valence-electron chi connectivity index (χ0n) is 15.1. The first-order valence-electron chi connectivity index (χ1n) is 8.13. The van der Waals surface area contributed by atoms with Crippen molar-refractivity contribution >= 4 is 23.4 Å². The summed E-state index contributed by atoms with van der Waals surface area (Å²) < 4.78 is 2.98. The minimum atomic E-state index is -0.393. The number of nitrogen functional groups attached to an aromatic ring is 1. The maximum Gasteiger partial charge on any atom is 0.271 e. The molecule has 0 aliphatic carbocycles. The average Bonchev–Trinajstić information content (AvgIpc) is 3.09. The number of hydrogen-bond acceptors (Lipinski definition) is 6. The lowest BCUT2D eigenvalue weighted by molar-refractivity contribution is -0.115. The number of rotatable bonds is 5. The van der Waals surface area contributed by atoms with E-state index >= 15 is 0 Å². The van der Waals surface area contributed by atoms with Crippen LogP contribution in [0.5, 0.6) is 0 Å². The second-order valence-electron chi connectivity index (χ2n) is 6.11. The van der Waals surface area contributed by atoms with E-state index < -0.39 is 5.25 Å². The van der Waals surface area contributed by atoms with Crippen molar-refractivity contribution in [3.63, 3.8) is 0 Å². The molecule has 0 spiro atoms. The molecule has 9 heteroatoms. The molecule has 0 bridgehead atoms. The molecule has 1 amide bonds. The van der Waals surface area contributed by atoms with Crippen LogP contribution in [0.3, 0.4) is 0 Å². The molecule has 2 heterocycles. The highest BCUT2D eigenvalue weighted by Crippen LogP contribution is 2.23. The van der Waals surface area contributed by atoms with Gasteiger partial charge in [0.05, 0.1) is 10.9 Å². The first-order valence-corrected chi connectivity index (χ1v) is 9.01. The predicted molar refractivity (Wildman–Crippen MR) is 102 cm³/mol. The Morgan fingerprint density at radius 1 is 1.23 bits per heavy atom. The molecule has 1 aromatic carbocycles. The van der Waals surface area contributed by atoms with Crippen LogP contribution >= 0.6 is 11.8 Å². The van der Waals surface area contributed by atoms with E-state index in [4.69, 9.17) is 5.84 Å². The number of aryl methyl sites for hydroxylation is 3. The normalized spacial score (nSPS) is 12.2. The van der Waals surface area contributed by atoms with E-state index in [0.29, 0.717) is 11.1 Å². The van der Waals surface area contributed by atoms with Gasteiger partial charge in [0.25, 0.3) is 5.95 Å². The number of thioether (sulfide) groups is 1. The summed E-state index contributed by atoms with van der Waals surface area (Å²) in [7, 11) is 0. The number of carbonyl (C=O) groups is 1. The van der Waals surface area contributed by atoms with E-state index in [9.17, 15) is 4.79 Å². The Morgan fingerprint density at radius 3 is 2.65 bits per heavy atom. The van der Waals surface area contributed by atoms with Gasteiger partial charge >= 0.3 is 0 Å². The summed E-state index contributed by atoms with van der Waals surface area (Å²) in [5, 5.41) is 15.5. The van der Waals surface area contributed by atoms with Crippen LogP contribution in [0.15, 0.2) is 35.5 Å². The van der Waals surface area contributed by atoms with E-state index in [0.717, 1.165) is 22.6 Å². The van der Waals surface area contributed by atoms with Gasteiger partial charge in [-0.25, -0.2) is 9.36 Å². The number of carbonyl (C=O) groups excluding carboxylic acids is 1. The number of nitrogens with one attached hydrogen (secondary N) is 1. The Morgan fingerprint density at radius 2 is 2.00 bits per heavy atom. The van der Waals surface area contributed by atoms with Crippen LogP contribution in [0.4, 0.5) is 5.69 Å². The number of nitrogens with two attached hydrogens (primary N) is 1. The Bertz CT molecular complexity index is 946. The van der Waals surface area contributed by atoms with E-state index in [-0.39, 0.29) is 5.91 Å². The SMILES string of the molecule is Cc1cccc(NC(=O)[C@H](C)Sc2nnc(-n3nc(C)cc3C)n2N)c1. The van der Waals surface area contributed by atoms with Crippen LogP contribution < -0.4 is 11.2 Å². The number of hydrogen-bond donors (Lipinski definition) is 2. The monoisotopic (exact) mass is 371 g/mol. The fourth-order valence-electron chi connectivity index (χ4n) is 2.50. The van der Waals surface area contributed by atoms with Gasteiger partial charge in [-0.05, 0) is 51.5 Å². The first kappa shape index (κ1) is 18.0. The number of nitrogens with zero attached hydrogens (tertiary/aromatic N) is 5. The van der Waals surface area contributed by atoms with Gasteiger partial charge < -0.3 is 11.2 Å². The van der Waals surface area contributed by atoms with Gasteiger partial charge in [0.15, 0.2) is 0 Å². The van der Waals surface area contributed by atoms with E-state index in [2.05, 4.69) is 20.6 Å². The van der Waals surface area contributed by atoms with Crippen LogP contribution in [-0.2, 0) is 4.79 Å². The Hall–Kier alpha value is -2.81. The number of benzene rings is 1. The molecular weight excluding hydrogens is 350 g/mol. The van der Waals surface area contributed by atoms with Crippen molar-refractivity contribution in [3.8, 4) is 5.95 Å². The summed E-state index contributed by atoms with van der Waals surface area (Å²) in [6.07, 6.45) is 0. The van der Waals surface area contributed by atoms with Gasteiger partial charge in [0.2, 0.25) is 11.1 Å². The minimum Gasteiger partial charge on any atom is -0.334 e. The molecule has 0 saturated carbocycles. The zero-order valence-corrected chi connectivity index (χ0v) is 15.9. The van der Waals surface area contributed by atoms with Gasteiger partial charge in [-0.2, -0.15) is 5.10 Å². The molecule has 0 saturated heterocycles. The second kappa shape index (κ2) is 7.20. The molecule has 3 N–H and O–H groups in total. The molecule has 3 aromatic rings. The van der Waals surface area contributed by atoms with Gasteiger partial charge in [0, 0.05) is 11.4 Å². The Kier molecular flexibility index (Phi) is 4.99. The third kappa shape index (κ3) is 3.72. The van der Waals surface area contributed by atoms with Crippen molar-refractivity contribution in [3.05, 3.63) is 47.3 Å². The summed E-state index contributed by atoms with van der Waals surface area (Å²) in [5.41, 5.74) is 3.62. The largest absolute Gasteiger partial charge is 0.334 e. The van der Waals surface area contributed by atoms with Crippen LogP contribution in [0.25, 0.3) is 5.95 Å². The lowest BCUT2D eigenvalue weighted by Crippen LogP contribution is -2.24. The van der Waals surface area contributed by atoms with Crippen LogP contribution in [0.1, 0.15) is 23.9 Å². The molecule has 2 aromatic heterocycles.